The van der Waals surface area contributed by atoms with Gasteiger partial charge in [-0.25, -0.2) is 0 Å². The number of likely N-dealkylation sites (N-methyl/N-ethyl adjacent to an activating group) is 1. The molecule has 1 heterocycles. The molecule has 0 radical (unpaired) electrons. The molecule has 0 amide bonds. The fourth-order valence-corrected chi connectivity index (χ4v) is 3.81. The molecule has 2 fully saturated rings. The van der Waals surface area contributed by atoms with Crippen LogP contribution in [0.15, 0.2) is 0 Å². The summed E-state index contributed by atoms with van der Waals surface area (Å²) in [6.45, 7) is 9.19. The van der Waals surface area contributed by atoms with Crippen LogP contribution < -0.4 is 5.73 Å². The monoisotopic (exact) mass is 253 g/mol. The third kappa shape index (κ3) is 3.06. The van der Waals surface area contributed by atoms with Crippen molar-refractivity contribution in [2.45, 2.75) is 57.5 Å². The molecular formula is C15H31N3. The molecule has 2 rings (SSSR count). The zero-order valence-electron chi connectivity index (χ0n) is 12.5. The molecule has 1 aliphatic carbocycles. The van der Waals surface area contributed by atoms with Gasteiger partial charge in [0.15, 0.2) is 0 Å². The van der Waals surface area contributed by atoms with E-state index in [4.69, 9.17) is 5.73 Å². The van der Waals surface area contributed by atoms with Crippen LogP contribution in [0.5, 0.6) is 0 Å². The average Bonchev–Trinajstić information content (AvgIpc) is 2.45. The number of hydrogen-bond donors (Lipinski definition) is 1. The van der Waals surface area contributed by atoms with E-state index in [9.17, 15) is 0 Å². The van der Waals surface area contributed by atoms with E-state index >= 15 is 0 Å². The molecule has 2 aliphatic rings. The molecule has 3 heteroatoms. The number of hydrogen-bond acceptors (Lipinski definition) is 3. The van der Waals surface area contributed by atoms with Crippen LogP contribution in [0.3, 0.4) is 0 Å². The maximum atomic E-state index is 6.16. The first-order valence-corrected chi connectivity index (χ1v) is 7.70. The van der Waals surface area contributed by atoms with Crippen LogP contribution in [-0.4, -0.2) is 54.6 Å². The average molecular weight is 253 g/mol. The Morgan fingerprint density at radius 1 is 1.22 bits per heavy atom. The fraction of sp³-hybridized carbons (Fsp3) is 1.00. The SMILES string of the molecule is CC1CN(C)CCCN1C(C)(CN)CC1CCC1. The summed E-state index contributed by atoms with van der Waals surface area (Å²) in [6, 6.07) is 0.631. The zero-order valence-corrected chi connectivity index (χ0v) is 12.5. The summed E-state index contributed by atoms with van der Waals surface area (Å²) in [4.78, 5) is 5.17. The highest BCUT2D eigenvalue weighted by molar-refractivity contribution is 4.95. The van der Waals surface area contributed by atoms with Crippen molar-refractivity contribution in [1.29, 1.82) is 0 Å². The second-order valence-corrected chi connectivity index (χ2v) is 6.86. The molecule has 0 bridgehead atoms. The van der Waals surface area contributed by atoms with Gasteiger partial charge in [-0.05, 0) is 46.2 Å². The Bertz CT molecular complexity index is 264. The molecule has 3 nitrogen and oxygen atoms in total. The van der Waals surface area contributed by atoms with Gasteiger partial charge >= 0.3 is 0 Å². The minimum absolute atomic E-state index is 0.218. The lowest BCUT2D eigenvalue weighted by molar-refractivity contribution is 0.0382. The summed E-state index contributed by atoms with van der Waals surface area (Å²) in [7, 11) is 2.24. The lowest BCUT2D eigenvalue weighted by atomic mass is 9.75. The first kappa shape index (κ1) is 14.3. The summed E-state index contributed by atoms with van der Waals surface area (Å²) in [5.41, 5.74) is 6.38. The van der Waals surface area contributed by atoms with Gasteiger partial charge < -0.3 is 10.6 Å². The Labute approximate surface area is 113 Å². The lowest BCUT2D eigenvalue weighted by Crippen LogP contribution is -2.57. The van der Waals surface area contributed by atoms with Gasteiger partial charge in [0.1, 0.15) is 0 Å². The van der Waals surface area contributed by atoms with Gasteiger partial charge in [-0.2, -0.15) is 0 Å². The molecule has 0 aromatic carbocycles. The maximum Gasteiger partial charge on any atom is 0.0309 e. The number of nitrogens with two attached hydrogens (primary N) is 1. The van der Waals surface area contributed by atoms with E-state index in [2.05, 4.69) is 30.7 Å². The van der Waals surface area contributed by atoms with E-state index in [0.29, 0.717) is 6.04 Å². The molecule has 1 aliphatic heterocycles. The molecule has 1 saturated carbocycles. The minimum atomic E-state index is 0.218. The van der Waals surface area contributed by atoms with Gasteiger partial charge in [0.2, 0.25) is 0 Å². The van der Waals surface area contributed by atoms with Crippen molar-refractivity contribution in [3.05, 3.63) is 0 Å². The smallest absolute Gasteiger partial charge is 0.0309 e. The molecule has 1 saturated heterocycles. The van der Waals surface area contributed by atoms with E-state index in [1.165, 1.54) is 51.7 Å². The summed E-state index contributed by atoms with van der Waals surface area (Å²) >= 11 is 0. The van der Waals surface area contributed by atoms with Crippen LogP contribution >= 0.6 is 0 Å². The molecule has 0 aromatic heterocycles. The van der Waals surface area contributed by atoms with Crippen molar-refractivity contribution in [2.24, 2.45) is 11.7 Å². The van der Waals surface area contributed by atoms with Crippen LogP contribution in [0.4, 0.5) is 0 Å². The highest BCUT2D eigenvalue weighted by Gasteiger charge is 2.38. The maximum absolute atomic E-state index is 6.16. The number of nitrogens with zero attached hydrogens (tertiary/aromatic N) is 2. The van der Waals surface area contributed by atoms with Crippen LogP contribution in [0.1, 0.15) is 46.0 Å². The first-order valence-electron chi connectivity index (χ1n) is 7.70. The van der Waals surface area contributed by atoms with Gasteiger partial charge in [-0.15, -0.1) is 0 Å². The van der Waals surface area contributed by atoms with Crippen LogP contribution in [0.2, 0.25) is 0 Å². The third-order valence-electron chi connectivity index (χ3n) is 5.13. The van der Waals surface area contributed by atoms with E-state index in [0.717, 1.165) is 12.5 Å². The van der Waals surface area contributed by atoms with E-state index in [-0.39, 0.29) is 5.54 Å². The second kappa shape index (κ2) is 5.89. The summed E-state index contributed by atoms with van der Waals surface area (Å²) in [5, 5.41) is 0. The Morgan fingerprint density at radius 2 is 1.94 bits per heavy atom. The molecule has 106 valence electrons. The largest absolute Gasteiger partial charge is 0.329 e. The van der Waals surface area contributed by atoms with Crippen molar-refractivity contribution in [2.75, 3.05) is 33.2 Å². The summed E-state index contributed by atoms with van der Waals surface area (Å²) in [6.07, 6.45) is 6.87. The normalized spacial score (nSPS) is 31.7. The Morgan fingerprint density at radius 3 is 2.50 bits per heavy atom. The summed E-state index contributed by atoms with van der Waals surface area (Å²) < 4.78 is 0. The zero-order chi connectivity index (χ0) is 13.2. The highest BCUT2D eigenvalue weighted by atomic mass is 15.3. The Balaban J connectivity index is 2.03. The predicted molar refractivity (Wildman–Crippen MR) is 77.7 cm³/mol. The standard InChI is InChI=1S/C15H31N3/c1-13-11-17(3)8-5-9-18(13)15(2,12-16)10-14-6-4-7-14/h13-14H,4-12,16H2,1-3H3. The van der Waals surface area contributed by atoms with Crippen LogP contribution in [0.25, 0.3) is 0 Å². The van der Waals surface area contributed by atoms with Crippen LogP contribution in [-0.2, 0) is 0 Å². The van der Waals surface area contributed by atoms with E-state index in [1.807, 2.05) is 0 Å². The quantitative estimate of drug-likeness (QED) is 0.831. The van der Waals surface area contributed by atoms with Gasteiger partial charge in [0, 0.05) is 31.2 Å². The fourth-order valence-electron chi connectivity index (χ4n) is 3.81. The summed E-state index contributed by atoms with van der Waals surface area (Å²) in [5.74, 6) is 0.937. The van der Waals surface area contributed by atoms with Crippen molar-refractivity contribution in [1.82, 2.24) is 9.80 Å². The molecule has 2 unspecified atom stereocenters. The molecule has 0 spiro atoms. The van der Waals surface area contributed by atoms with Crippen molar-refractivity contribution >= 4 is 0 Å². The molecule has 2 N–H and O–H groups in total. The second-order valence-electron chi connectivity index (χ2n) is 6.86. The van der Waals surface area contributed by atoms with Crippen molar-refractivity contribution in [3.8, 4) is 0 Å². The molecule has 0 aromatic rings. The lowest BCUT2D eigenvalue weighted by Gasteiger charge is -2.47. The predicted octanol–water partition coefficient (Wildman–Crippen LogP) is 1.92. The van der Waals surface area contributed by atoms with Gasteiger partial charge in [-0.1, -0.05) is 19.3 Å². The van der Waals surface area contributed by atoms with Gasteiger partial charge in [0.05, 0.1) is 0 Å². The van der Waals surface area contributed by atoms with Crippen molar-refractivity contribution in [3.63, 3.8) is 0 Å². The van der Waals surface area contributed by atoms with Crippen molar-refractivity contribution < 1.29 is 0 Å². The Hall–Kier alpha value is -0.120. The van der Waals surface area contributed by atoms with Gasteiger partial charge in [0.25, 0.3) is 0 Å². The first-order chi connectivity index (χ1) is 8.55. The molecule has 18 heavy (non-hydrogen) atoms. The van der Waals surface area contributed by atoms with Gasteiger partial charge in [-0.3, -0.25) is 4.90 Å². The highest BCUT2D eigenvalue weighted by Crippen LogP contribution is 2.36. The molecule has 2 atom stereocenters. The third-order valence-corrected chi connectivity index (χ3v) is 5.13. The Kier molecular flexibility index (Phi) is 4.68. The van der Waals surface area contributed by atoms with E-state index in [1.54, 1.807) is 0 Å². The topological polar surface area (TPSA) is 32.5 Å². The molecular weight excluding hydrogens is 222 g/mol. The number of rotatable bonds is 4. The van der Waals surface area contributed by atoms with E-state index < -0.39 is 0 Å². The van der Waals surface area contributed by atoms with Crippen LogP contribution in [0, 0.1) is 5.92 Å². The minimum Gasteiger partial charge on any atom is -0.329 e.